The monoisotopic (exact) mass is 440 g/mol. The fraction of sp³-hybridized carbons (Fsp3) is 0.304. The summed E-state index contributed by atoms with van der Waals surface area (Å²) in [7, 11) is -3.67. The summed E-state index contributed by atoms with van der Waals surface area (Å²) < 4.78 is 28.3. The number of hydrogen-bond donors (Lipinski definition) is 1. The molecule has 3 aromatic rings. The number of amides is 1. The molecule has 1 N–H and O–H groups in total. The molecule has 1 amide bonds. The van der Waals surface area contributed by atoms with Crippen molar-refractivity contribution >= 4 is 21.6 Å². The molecule has 0 unspecified atom stereocenters. The van der Waals surface area contributed by atoms with E-state index in [1.54, 1.807) is 19.2 Å². The van der Waals surface area contributed by atoms with E-state index < -0.39 is 16.1 Å². The second-order valence-corrected chi connectivity index (χ2v) is 9.58. The number of benzene rings is 2. The normalized spacial score (nSPS) is 12.4. The van der Waals surface area contributed by atoms with Crippen molar-refractivity contribution in [1.29, 1.82) is 0 Å². The first-order chi connectivity index (χ1) is 14.6. The van der Waals surface area contributed by atoms with Gasteiger partial charge in [-0.1, -0.05) is 30.3 Å². The first kappa shape index (κ1) is 22.6. The van der Waals surface area contributed by atoms with Crippen LogP contribution >= 0.6 is 0 Å². The van der Waals surface area contributed by atoms with Gasteiger partial charge in [0, 0.05) is 18.9 Å². The molecule has 0 spiro atoms. The van der Waals surface area contributed by atoms with Gasteiger partial charge in [-0.15, -0.1) is 0 Å². The molecule has 0 saturated carbocycles. The van der Waals surface area contributed by atoms with Crippen LogP contribution in [0.4, 0.5) is 5.69 Å². The second kappa shape index (κ2) is 8.93. The van der Waals surface area contributed by atoms with Gasteiger partial charge in [0.05, 0.1) is 17.6 Å². The number of carbonyl (C=O) groups excluding carboxylic acids is 1. The van der Waals surface area contributed by atoms with Gasteiger partial charge in [0.25, 0.3) is 0 Å². The number of rotatable bonds is 7. The largest absolute Gasteiger partial charge is 0.350 e. The van der Waals surface area contributed by atoms with Gasteiger partial charge in [0.1, 0.15) is 11.9 Å². The summed E-state index contributed by atoms with van der Waals surface area (Å²) >= 11 is 0. The smallest absolute Gasteiger partial charge is 0.243 e. The minimum Gasteiger partial charge on any atom is -0.350 e. The Morgan fingerprint density at radius 3 is 2.52 bits per heavy atom. The minimum absolute atomic E-state index is 0.265. The predicted molar refractivity (Wildman–Crippen MR) is 123 cm³/mol. The van der Waals surface area contributed by atoms with Crippen LogP contribution < -0.4 is 9.62 Å². The number of aryl methyl sites for hydroxylation is 3. The molecule has 1 heterocycles. The van der Waals surface area contributed by atoms with Crippen LogP contribution in [-0.4, -0.2) is 36.2 Å². The Hall–Kier alpha value is -3.13. The molecule has 164 valence electrons. The predicted octanol–water partition coefficient (Wildman–Crippen LogP) is 3.27. The average molecular weight is 441 g/mol. The zero-order chi connectivity index (χ0) is 22.8. The summed E-state index contributed by atoms with van der Waals surface area (Å²) in [5.41, 5.74) is 4.05. The van der Waals surface area contributed by atoms with Crippen LogP contribution in [0.15, 0.2) is 54.9 Å². The Labute approximate surface area is 183 Å². The lowest BCUT2D eigenvalue weighted by Crippen LogP contribution is -2.48. The van der Waals surface area contributed by atoms with Gasteiger partial charge < -0.3 is 9.88 Å². The molecule has 8 heteroatoms. The molecule has 1 atom stereocenters. The number of anilines is 1. The van der Waals surface area contributed by atoms with E-state index in [1.165, 1.54) is 4.31 Å². The molecule has 0 saturated heterocycles. The second-order valence-electron chi connectivity index (χ2n) is 7.72. The number of carbonyl (C=O) groups is 1. The molecular weight excluding hydrogens is 412 g/mol. The van der Waals surface area contributed by atoms with E-state index in [1.807, 2.05) is 67.9 Å². The molecule has 0 aliphatic rings. The Morgan fingerprint density at radius 2 is 1.87 bits per heavy atom. The third kappa shape index (κ3) is 4.96. The van der Waals surface area contributed by atoms with Crippen molar-refractivity contribution in [3.05, 3.63) is 77.4 Å². The highest BCUT2D eigenvalue weighted by Gasteiger charge is 2.30. The molecule has 0 bridgehead atoms. The summed E-state index contributed by atoms with van der Waals surface area (Å²) in [6, 6.07) is 12.4. The van der Waals surface area contributed by atoms with Crippen molar-refractivity contribution in [2.45, 2.75) is 40.3 Å². The number of hydrogen-bond acceptors (Lipinski definition) is 4. The van der Waals surface area contributed by atoms with Crippen LogP contribution in [0.25, 0.3) is 5.69 Å². The highest BCUT2D eigenvalue weighted by atomic mass is 32.2. The highest BCUT2D eigenvalue weighted by molar-refractivity contribution is 7.92. The van der Waals surface area contributed by atoms with Crippen molar-refractivity contribution in [2.24, 2.45) is 0 Å². The molecule has 2 aromatic carbocycles. The van der Waals surface area contributed by atoms with Crippen molar-refractivity contribution in [1.82, 2.24) is 14.9 Å². The summed E-state index contributed by atoms with van der Waals surface area (Å²) in [5.74, 6) is 0.466. The Kier molecular flexibility index (Phi) is 6.50. The third-order valence-electron chi connectivity index (χ3n) is 5.22. The molecular formula is C23H28N4O3S. The van der Waals surface area contributed by atoms with Crippen LogP contribution in [0.1, 0.15) is 29.4 Å². The highest BCUT2D eigenvalue weighted by Crippen LogP contribution is 2.26. The van der Waals surface area contributed by atoms with E-state index in [0.717, 1.165) is 34.5 Å². The van der Waals surface area contributed by atoms with Crippen molar-refractivity contribution in [3.8, 4) is 5.69 Å². The maximum atomic E-state index is 13.0. The first-order valence-electron chi connectivity index (χ1n) is 10.0. The van der Waals surface area contributed by atoms with E-state index in [-0.39, 0.29) is 12.5 Å². The molecule has 31 heavy (non-hydrogen) atoms. The zero-order valence-corrected chi connectivity index (χ0v) is 19.3. The Balaban J connectivity index is 1.85. The van der Waals surface area contributed by atoms with Gasteiger partial charge in [-0.25, -0.2) is 13.4 Å². The van der Waals surface area contributed by atoms with E-state index in [2.05, 4.69) is 10.3 Å². The van der Waals surface area contributed by atoms with Gasteiger partial charge in [-0.3, -0.25) is 9.10 Å². The van der Waals surface area contributed by atoms with Crippen LogP contribution in [0, 0.1) is 20.8 Å². The SMILES string of the molecule is Cc1ccc(C)c(N([C@@H](C)C(=O)NCc2ccccc2-n2ccnc2C)S(C)(=O)=O)c1. The summed E-state index contributed by atoms with van der Waals surface area (Å²) in [5, 5.41) is 2.90. The van der Waals surface area contributed by atoms with Gasteiger partial charge >= 0.3 is 0 Å². The summed E-state index contributed by atoms with van der Waals surface area (Å²) in [6.07, 6.45) is 4.71. The number of nitrogens with one attached hydrogen (secondary N) is 1. The quantitative estimate of drug-likeness (QED) is 0.611. The topological polar surface area (TPSA) is 84.3 Å². The molecule has 0 radical (unpaired) electrons. The molecule has 7 nitrogen and oxygen atoms in total. The van der Waals surface area contributed by atoms with Gasteiger partial charge in [0.15, 0.2) is 0 Å². The average Bonchev–Trinajstić information content (AvgIpc) is 3.13. The van der Waals surface area contributed by atoms with Crippen molar-refractivity contribution in [2.75, 3.05) is 10.6 Å². The third-order valence-corrected chi connectivity index (χ3v) is 6.45. The number of para-hydroxylation sites is 1. The number of nitrogens with zero attached hydrogens (tertiary/aromatic N) is 3. The van der Waals surface area contributed by atoms with Gasteiger partial charge in [-0.05, 0) is 56.5 Å². The van der Waals surface area contributed by atoms with Crippen LogP contribution in [0.3, 0.4) is 0 Å². The van der Waals surface area contributed by atoms with Crippen LogP contribution in [0.5, 0.6) is 0 Å². The molecule has 0 aliphatic heterocycles. The standard InChI is InChI=1S/C23H28N4O3S/c1-16-10-11-17(2)22(14-16)27(31(5,29)30)18(3)23(28)25-15-20-8-6-7-9-21(20)26-13-12-24-19(26)4/h6-14,18H,15H2,1-5H3,(H,25,28)/t18-/m0/s1. The van der Waals surface area contributed by atoms with Gasteiger partial charge in [-0.2, -0.15) is 0 Å². The lowest BCUT2D eigenvalue weighted by atomic mass is 10.1. The lowest BCUT2D eigenvalue weighted by molar-refractivity contribution is -0.122. The summed E-state index contributed by atoms with van der Waals surface area (Å²) in [4.78, 5) is 17.3. The van der Waals surface area contributed by atoms with E-state index in [9.17, 15) is 13.2 Å². The lowest BCUT2D eigenvalue weighted by Gasteiger charge is -2.30. The molecule has 0 fully saturated rings. The zero-order valence-electron chi connectivity index (χ0n) is 18.5. The Bertz CT molecular complexity index is 1200. The van der Waals surface area contributed by atoms with E-state index >= 15 is 0 Å². The van der Waals surface area contributed by atoms with Crippen molar-refractivity contribution in [3.63, 3.8) is 0 Å². The Morgan fingerprint density at radius 1 is 1.16 bits per heavy atom. The minimum atomic E-state index is -3.67. The number of imidazole rings is 1. The summed E-state index contributed by atoms with van der Waals surface area (Å²) in [6.45, 7) is 7.50. The van der Waals surface area contributed by atoms with Crippen molar-refractivity contribution < 1.29 is 13.2 Å². The van der Waals surface area contributed by atoms with Crippen LogP contribution in [-0.2, 0) is 21.4 Å². The first-order valence-corrected chi connectivity index (χ1v) is 11.9. The number of aromatic nitrogens is 2. The fourth-order valence-electron chi connectivity index (χ4n) is 3.60. The maximum Gasteiger partial charge on any atom is 0.243 e. The van der Waals surface area contributed by atoms with E-state index in [4.69, 9.17) is 0 Å². The van der Waals surface area contributed by atoms with Gasteiger partial charge in [0.2, 0.25) is 15.9 Å². The molecule has 1 aromatic heterocycles. The number of sulfonamides is 1. The molecule has 0 aliphatic carbocycles. The fourth-order valence-corrected chi connectivity index (χ4v) is 4.82. The maximum absolute atomic E-state index is 13.0. The van der Waals surface area contributed by atoms with Crippen LogP contribution in [0.2, 0.25) is 0 Å². The van der Waals surface area contributed by atoms with E-state index in [0.29, 0.717) is 5.69 Å². The molecule has 3 rings (SSSR count).